The van der Waals surface area contributed by atoms with Gasteiger partial charge in [0.2, 0.25) is 0 Å². The predicted molar refractivity (Wildman–Crippen MR) is 60.4 cm³/mol. The van der Waals surface area contributed by atoms with Crippen molar-refractivity contribution in [2.75, 3.05) is 13.1 Å². The highest BCUT2D eigenvalue weighted by atomic mass is 16.3. The van der Waals surface area contributed by atoms with Crippen molar-refractivity contribution in [3.8, 4) is 0 Å². The number of hydrogen-bond acceptors (Lipinski definition) is 2. The maximum Gasteiger partial charge on any atom is 0.0743 e. The summed E-state index contributed by atoms with van der Waals surface area (Å²) in [7, 11) is 0. The number of aliphatic hydroxyl groups is 1. The molecule has 2 N–H and O–H groups in total. The van der Waals surface area contributed by atoms with Crippen LogP contribution in [0.3, 0.4) is 0 Å². The fourth-order valence-electron chi connectivity index (χ4n) is 2.39. The van der Waals surface area contributed by atoms with Gasteiger partial charge in [0.15, 0.2) is 0 Å². The minimum absolute atomic E-state index is 0.507. The van der Waals surface area contributed by atoms with Gasteiger partial charge in [-0.15, -0.1) is 0 Å². The van der Waals surface area contributed by atoms with Crippen LogP contribution in [-0.2, 0) is 0 Å². The molecule has 0 saturated heterocycles. The molecule has 0 aromatic heterocycles. The second kappa shape index (κ2) is 5.72. The Morgan fingerprint density at radius 3 is 2.57 bits per heavy atom. The molecule has 0 bridgehead atoms. The highest BCUT2D eigenvalue weighted by molar-refractivity contribution is 4.77. The van der Waals surface area contributed by atoms with Gasteiger partial charge < -0.3 is 10.4 Å². The second-order valence-electron chi connectivity index (χ2n) is 5.03. The Kier molecular flexibility index (Phi) is 4.90. The molecule has 2 heteroatoms. The Morgan fingerprint density at radius 2 is 2.00 bits per heavy atom. The van der Waals surface area contributed by atoms with Crippen molar-refractivity contribution in [3.63, 3.8) is 0 Å². The number of rotatable bonds is 6. The van der Waals surface area contributed by atoms with Crippen molar-refractivity contribution >= 4 is 0 Å². The summed E-state index contributed by atoms with van der Waals surface area (Å²) in [6.07, 6.45) is 7.50. The standard InChI is InChI=1S/C12H25NO/c1-3-8-12(2,14)10-13-9-11-6-4-5-7-11/h11,13-14H,3-10H2,1-2H3. The highest BCUT2D eigenvalue weighted by Crippen LogP contribution is 2.23. The molecule has 1 rings (SSSR count). The third kappa shape index (κ3) is 4.43. The fourth-order valence-corrected chi connectivity index (χ4v) is 2.39. The van der Waals surface area contributed by atoms with Crippen LogP contribution < -0.4 is 5.32 Å². The summed E-state index contributed by atoms with van der Waals surface area (Å²) < 4.78 is 0. The van der Waals surface area contributed by atoms with Crippen LogP contribution in [0.25, 0.3) is 0 Å². The van der Waals surface area contributed by atoms with Crippen molar-refractivity contribution in [1.29, 1.82) is 0 Å². The lowest BCUT2D eigenvalue weighted by Gasteiger charge is -2.24. The van der Waals surface area contributed by atoms with Gasteiger partial charge in [-0.2, -0.15) is 0 Å². The van der Waals surface area contributed by atoms with E-state index >= 15 is 0 Å². The van der Waals surface area contributed by atoms with E-state index in [1.807, 2.05) is 6.92 Å². The zero-order valence-corrected chi connectivity index (χ0v) is 9.68. The van der Waals surface area contributed by atoms with E-state index in [1.54, 1.807) is 0 Å². The normalized spacial score (nSPS) is 22.5. The first-order chi connectivity index (χ1) is 6.64. The zero-order chi connectivity index (χ0) is 10.4. The monoisotopic (exact) mass is 199 g/mol. The van der Waals surface area contributed by atoms with Gasteiger partial charge in [0, 0.05) is 6.54 Å². The Labute approximate surface area is 88.1 Å². The van der Waals surface area contributed by atoms with E-state index in [0.717, 1.165) is 31.8 Å². The summed E-state index contributed by atoms with van der Waals surface area (Å²) >= 11 is 0. The van der Waals surface area contributed by atoms with Crippen molar-refractivity contribution in [2.45, 2.75) is 58.0 Å². The summed E-state index contributed by atoms with van der Waals surface area (Å²) in [6.45, 7) is 5.89. The molecule has 1 atom stereocenters. The third-order valence-electron chi connectivity index (χ3n) is 3.20. The zero-order valence-electron chi connectivity index (χ0n) is 9.68. The summed E-state index contributed by atoms with van der Waals surface area (Å²) in [4.78, 5) is 0. The van der Waals surface area contributed by atoms with E-state index in [9.17, 15) is 5.11 Å². The number of nitrogens with one attached hydrogen (secondary N) is 1. The molecule has 1 unspecified atom stereocenters. The molecule has 0 aromatic carbocycles. The van der Waals surface area contributed by atoms with E-state index in [4.69, 9.17) is 0 Å². The van der Waals surface area contributed by atoms with Gasteiger partial charge in [0.1, 0.15) is 0 Å². The molecule has 1 saturated carbocycles. The Morgan fingerprint density at radius 1 is 1.36 bits per heavy atom. The van der Waals surface area contributed by atoms with Gasteiger partial charge in [-0.25, -0.2) is 0 Å². The van der Waals surface area contributed by atoms with Crippen molar-refractivity contribution in [1.82, 2.24) is 5.32 Å². The first-order valence-corrected chi connectivity index (χ1v) is 6.07. The first kappa shape index (κ1) is 12.0. The van der Waals surface area contributed by atoms with E-state index < -0.39 is 5.60 Å². The molecule has 2 nitrogen and oxygen atoms in total. The van der Waals surface area contributed by atoms with Crippen LogP contribution in [0.5, 0.6) is 0 Å². The molecule has 0 aromatic rings. The van der Waals surface area contributed by atoms with E-state index in [0.29, 0.717) is 0 Å². The van der Waals surface area contributed by atoms with Crippen LogP contribution in [0, 0.1) is 5.92 Å². The van der Waals surface area contributed by atoms with Gasteiger partial charge in [-0.3, -0.25) is 0 Å². The van der Waals surface area contributed by atoms with Crippen molar-refractivity contribution in [2.24, 2.45) is 5.92 Å². The molecule has 1 aliphatic rings. The van der Waals surface area contributed by atoms with Gasteiger partial charge in [-0.1, -0.05) is 26.2 Å². The molecule has 0 radical (unpaired) electrons. The predicted octanol–water partition coefficient (Wildman–Crippen LogP) is 2.32. The molecular weight excluding hydrogens is 174 g/mol. The Hall–Kier alpha value is -0.0800. The molecule has 0 aliphatic heterocycles. The first-order valence-electron chi connectivity index (χ1n) is 6.07. The van der Waals surface area contributed by atoms with Gasteiger partial charge in [0.25, 0.3) is 0 Å². The van der Waals surface area contributed by atoms with Crippen LogP contribution in [-0.4, -0.2) is 23.8 Å². The lowest BCUT2D eigenvalue weighted by atomic mass is 10.0. The fraction of sp³-hybridized carbons (Fsp3) is 1.00. The third-order valence-corrected chi connectivity index (χ3v) is 3.20. The number of hydrogen-bond donors (Lipinski definition) is 2. The smallest absolute Gasteiger partial charge is 0.0743 e. The maximum atomic E-state index is 9.93. The minimum atomic E-state index is -0.507. The van der Waals surface area contributed by atoms with Crippen molar-refractivity contribution in [3.05, 3.63) is 0 Å². The lowest BCUT2D eigenvalue weighted by Crippen LogP contribution is -2.39. The minimum Gasteiger partial charge on any atom is -0.389 e. The second-order valence-corrected chi connectivity index (χ2v) is 5.03. The van der Waals surface area contributed by atoms with Crippen LogP contribution in [0.4, 0.5) is 0 Å². The quantitative estimate of drug-likeness (QED) is 0.688. The van der Waals surface area contributed by atoms with Crippen molar-refractivity contribution < 1.29 is 5.11 Å². The molecule has 0 heterocycles. The van der Waals surface area contributed by atoms with E-state index in [2.05, 4.69) is 12.2 Å². The van der Waals surface area contributed by atoms with E-state index in [1.165, 1.54) is 25.7 Å². The molecule has 1 aliphatic carbocycles. The summed E-state index contributed by atoms with van der Waals surface area (Å²) in [6, 6.07) is 0. The molecule has 0 spiro atoms. The van der Waals surface area contributed by atoms with Crippen LogP contribution in [0.2, 0.25) is 0 Å². The Balaban J connectivity index is 2.07. The van der Waals surface area contributed by atoms with Gasteiger partial charge >= 0.3 is 0 Å². The molecule has 14 heavy (non-hydrogen) atoms. The SMILES string of the molecule is CCCC(C)(O)CNCC1CCCC1. The summed E-state index contributed by atoms with van der Waals surface area (Å²) in [5.41, 5.74) is -0.507. The maximum absolute atomic E-state index is 9.93. The van der Waals surface area contributed by atoms with Crippen LogP contribution in [0.1, 0.15) is 52.4 Å². The molecule has 0 amide bonds. The lowest BCUT2D eigenvalue weighted by molar-refractivity contribution is 0.0493. The van der Waals surface area contributed by atoms with Gasteiger partial charge in [0.05, 0.1) is 5.60 Å². The van der Waals surface area contributed by atoms with Gasteiger partial charge in [-0.05, 0) is 38.6 Å². The topological polar surface area (TPSA) is 32.3 Å². The van der Waals surface area contributed by atoms with Crippen LogP contribution in [0.15, 0.2) is 0 Å². The molecule has 1 fully saturated rings. The largest absolute Gasteiger partial charge is 0.389 e. The Bertz CT molecular complexity index is 150. The highest BCUT2D eigenvalue weighted by Gasteiger charge is 2.20. The molecular formula is C12H25NO. The van der Waals surface area contributed by atoms with E-state index in [-0.39, 0.29) is 0 Å². The summed E-state index contributed by atoms with van der Waals surface area (Å²) in [5.74, 6) is 0.868. The van der Waals surface area contributed by atoms with Crippen LogP contribution >= 0.6 is 0 Å². The summed E-state index contributed by atoms with van der Waals surface area (Å²) in [5, 5.41) is 13.3. The molecule has 84 valence electrons. The average Bonchev–Trinajstić information content (AvgIpc) is 2.56. The average molecular weight is 199 g/mol.